The average molecular weight is 274 g/mol. The lowest BCUT2D eigenvalue weighted by molar-refractivity contribution is 0.661. The van der Waals surface area contributed by atoms with Crippen LogP contribution in [-0.2, 0) is 0 Å². The Morgan fingerprint density at radius 2 is 1.95 bits per heavy atom. The molecule has 1 heterocycles. The summed E-state index contributed by atoms with van der Waals surface area (Å²) >= 11 is 2.01. The lowest BCUT2D eigenvalue weighted by atomic mass is 10.0. The third-order valence-electron chi connectivity index (χ3n) is 3.16. The van der Waals surface area contributed by atoms with Gasteiger partial charge in [0.05, 0.1) is 0 Å². The molecule has 0 saturated heterocycles. The van der Waals surface area contributed by atoms with Gasteiger partial charge in [0.2, 0.25) is 0 Å². The minimum atomic E-state index is 0.363. The molecule has 1 atom stereocenters. The summed E-state index contributed by atoms with van der Waals surface area (Å²) in [5.74, 6) is 3.04. The first-order valence-electron chi connectivity index (χ1n) is 6.80. The van der Waals surface area contributed by atoms with E-state index in [1.54, 1.807) is 0 Å². The van der Waals surface area contributed by atoms with E-state index in [0.29, 0.717) is 6.04 Å². The normalized spacial score (nSPS) is 13.1. The van der Waals surface area contributed by atoms with E-state index < -0.39 is 0 Å². The number of rotatable bonds is 6. The molecule has 0 radical (unpaired) electrons. The maximum atomic E-state index is 4.38. The van der Waals surface area contributed by atoms with Gasteiger partial charge in [0.1, 0.15) is 0 Å². The van der Waals surface area contributed by atoms with E-state index >= 15 is 0 Å². The Morgan fingerprint density at radius 3 is 2.68 bits per heavy atom. The molecule has 102 valence electrons. The highest BCUT2D eigenvalue weighted by molar-refractivity contribution is 7.99. The van der Waals surface area contributed by atoms with E-state index in [9.17, 15) is 0 Å². The molecular formula is C16H22N2S. The summed E-state index contributed by atoms with van der Waals surface area (Å²) in [5.41, 5.74) is 1.30. The SMILES string of the molecule is CNC(CSCC(C)C)c1cncc2ccccc12. The molecule has 0 aliphatic rings. The van der Waals surface area contributed by atoms with Crippen molar-refractivity contribution in [3.8, 4) is 0 Å². The highest BCUT2D eigenvalue weighted by Crippen LogP contribution is 2.26. The molecule has 0 aliphatic carbocycles. The molecule has 19 heavy (non-hydrogen) atoms. The molecule has 1 unspecified atom stereocenters. The number of hydrogen-bond acceptors (Lipinski definition) is 3. The monoisotopic (exact) mass is 274 g/mol. The Hall–Kier alpha value is -1.06. The van der Waals surface area contributed by atoms with Crippen LogP contribution in [0.2, 0.25) is 0 Å². The van der Waals surface area contributed by atoms with Crippen LogP contribution in [-0.4, -0.2) is 23.5 Å². The van der Waals surface area contributed by atoms with E-state index in [0.717, 1.165) is 11.7 Å². The van der Waals surface area contributed by atoms with Crippen LogP contribution in [0.3, 0.4) is 0 Å². The highest BCUT2D eigenvalue weighted by Gasteiger charge is 2.13. The van der Waals surface area contributed by atoms with Gasteiger partial charge in [-0.05, 0) is 29.7 Å². The molecule has 1 aromatic carbocycles. The maximum absolute atomic E-state index is 4.38. The molecular weight excluding hydrogens is 252 g/mol. The van der Waals surface area contributed by atoms with Gasteiger partial charge in [-0.2, -0.15) is 11.8 Å². The topological polar surface area (TPSA) is 24.9 Å². The number of fused-ring (bicyclic) bond motifs is 1. The largest absolute Gasteiger partial charge is 0.312 e. The predicted molar refractivity (Wildman–Crippen MR) is 85.7 cm³/mol. The van der Waals surface area contributed by atoms with Crippen LogP contribution in [0.1, 0.15) is 25.5 Å². The molecule has 3 heteroatoms. The molecule has 0 spiro atoms. The Labute approximate surface area is 120 Å². The van der Waals surface area contributed by atoms with Gasteiger partial charge in [0, 0.05) is 29.6 Å². The van der Waals surface area contributed by atoms with Crippen molar-refractivity contribution in [2.45, 2.75) is 19.9 Å². The third-order valence-corrected chi connectivity index (χ3v) is 4.63. The zero-order valence-electron chi connectivity index (χ0n) is 11.9. The first kappa shape index (κ1) is 14.4. The predicted octanol–water partition coefficient (Wildman–Crippen LogP) is 3.88. The second-order valence-corrected chi connectivity index (χ2v) is 6.30. The molecule has 2 rings (SSSR count). The number of aromatic nitrogens is 1. The smallest absolute Gasteiger partial charge is 0.0430 e. The minimum Gasteiger partial charge on any atom is -0.312 e. The van der Waals surface area contributed by atoms with Crippen LogP contribution in [0, 0.1) is 5.92 Å². The summed E-state index contributed by atoms with van der Waals surface area (Å²) in [4.78, 5) is 4.38. The van der Waals surface area contributed by atoms with E-state index in [1.165, 1.54) is 22.1 Å². The maximum Gasteiger partial charge on any atom is 0.0430 e. The van der Waals surface area contributed by atoms with E-state index in [2.05, 4.69) is 48.4 Å². The Kier molecular flexibility index (Phi) is 5.23. The van der Waals surface area contributed by atoms with E-state index in [-0.39, 0.29) is 0 Å². The molecule has 1 N–H and O–H groups in total. The zero-order chi connectivity index (χ0) is 13.7. The van der Waals surface area contributed by atoms with Gasteiger partial charge < -0.3 is 5.32 Å². The zero-order valence-corrected chi connectivity index (χ0v) is 12.7. The lowest BCUT2D eigenvalue weighted by Crippen LogP contribution is -2.19. The molecule has 0 aliphatic heterocycles. The fraction of sp³-hybridized carbons (Fsp3) is 0.438. The van der Waals surface area contributed by atoms with Crippen LogP contribution in [0.4, 0.5) is 0 Å². The molecule has 1 aromatic heterocycles. The second-order valence-electron chi connectivity index (χ2n) is 5.22. The Bertz CT molecular complexity index is 520. The van der Waals surface area contributed by atoms with E-state index in [1.807, 2.05) is 31.2 Å². The van der Waals surface area contributed by atoms with Gasteiger partial charge in [-0.1, -0.05) is 38.1 Å². The Balaban J connectivity index is 2.20. The quantitative estimate of drug-likeness (QED) is 0.865. The number of benzene rings is 1. The van der Waals surface area contributed by atoms with Crippen molar-refractivity contribution in [2.24, 2.45) is 5.92 Å². The summed E-state index contributed by atoms with van der Waals surface area (Å²) in [6.07, 6.45) is 3.94. The molecule has 0 fully saturated rings. The van der Waals surface area contributed by atoms with Gasteiger partial charge in [-0.25, -0.2) is 0 Å². The van der Waals surface area contributed by atoms with Crippen molar-refractivity contribution in [2.75, 3.05) is 18.6 Å². The lowest BCUT2D eigenvalue weighted by Gasteiger charge is -2.18. The second kappa shape index (κ2) is 6.92. The van der Waals surface area contributed by atoms with Crippen LogP contribution >= 0.6 is 11.8 Å². The highest BCUT2D eigenvalue weighted by atomic mass is 32.2. The number of nitrogens with zero attached hydrogens (tertiary/aromatic N) is 1. The molecule has 0 bridgehead atoms. The van der Waals surface area contributed by atoms with Gasteiger partial charge in [-0.15, -0.1) is 0 Å². The van der Waals surface area contributed by atoms with Crippen molar-refractivity contribution >= 4 is 22.5 Å². The molecule has 2 nitrogen and oxygen atoms in total. The van der Waals surface area contributed by atoms with Crippen molar-refractivity contribution < 1.29 is 0 Å². The number of nitrogens with one attached hydrogen (secondary N) is 1. The standard InChI is InChI=1S/C16H22N2S/c1-12(2)10-19-11-16(17-3)15-9-18-8-13-6-4-5-7-14(13)15/h4-9,12,16-17H,10-11H2,1-3H3. The van der Waals surface area contributed by atoms with Crippen LogP contribution in [0.5, 0.6) is 0 Å². The summed E-state index contributed by atoms with van der Waals surface area (Å²) in [6.45, 7) is 4.53. The summed E-state index contributed by atoms with van der Waals surface area (Å²) in [5, 5.41) is 5.95. The van der Waals surface area contributed by atoms with E-state index in [4.69, 9.17) is 0 Å². The van der Waals surface area contributed by atoms with Crippen LogP contribution in [0.25, 0.3) is 10.8 Å². The average Bonchev–Trinajstić information content (AvgIpc) is 2.43. The summed E-state index contributed by atoms with van der Waals surface area (Å²) in [6, 6.07) is 8.83. The third kappa shape index (κ3) is 3.71. The van der Waals surface area contributed by atoms with Crippen molar-refractivity contribution in [1.82, 2.24) is 10.3 Å². The van der Waals surface area contributed by atoms with Crippen molar-refractivity contribution in [1.29, 1.82) is 0 Å². The summed E-state index contributed by atoms with van der Waals surface area (Å²) < 4.78 is 0. The number of pyridine rings is 1. The molecule has 0 amide bonds. The minimum absolute atomic E-state index is 0.363. The van der Waals surface area contributed by atoms with Gasteiger partial charge in [-0.3, -0.25) is 4.98 Å². The first-order chi connectivity index (χ1) is 9.22. The number of hydrogen-bond donors (Lipinski definition) is 1. The molecule has 0 saturated carbocycles. The van der Waals surface area contributed by atoms with Gasteiger partial charge in [0.25, 0.3) is 0 Å². The van der Waals surface area contributed by atoms with Gasteiger partial charge in [0.15, 0.2) is 0 Å². The van der Waals surface area contributed by atoms with Crippen LogP contribution in [0.15, 0.2) is 36.7 Å². The first-order valence-corrected chi connectivity index (χ1v) is 7.95. The van der Waals surface area contributed by atoms with Crippen LogP contribution < -0.4 is 5.32 Å². The Morgan fingerprint density at radius 1 is 1.16 bits per heavy atom. The van der Waals surface area contributed by atoms with Gasteiger partial charge >= 0.3 is 0 Å². The van der Waals surface area contributed by atoms with Crippen molar-refractivity contribution in [3.05, 3.63) is 42.2 Å². The molecule has 2 aromatic rings. The number of thioether (sulfide) groups is 1. The summed E-state index contributed by atoms with van der Waals surface area (Å²) in [7, 11) is 2.03. The van der Waals surface area contributed by atoms with Crippen molar-refractivity contribution in [3.63, 3.8) is 0 Å². The fourth-order valence-electron chi connectivity index (χ4n) is 2.17. The fourth-order valence-corrected chi connectivity index (χ4v) is 3.36.